The Hall–Kier alpha value is -1.000. The van der Waals surface area contributed by atoms with Gasteiger partial charge in [0.1, 0.15) is 11.0 Å². The Morgan fingerprint density at radius 1 is 1.50 bits per heavy atom. The minimum absolute atomic E-state index is 0.128. The molecule has 2 amide bonds. The first-order valence-corrected chi connectivity index (χ1v) is 3.73. The van der Waals surface area contributed by atoms with Crippen LogP contribution in [0.5, 0.6) is 0 Å². The number of anilines is 1. The zero-order chi connectivity index (χ0) is 9.14. The zero-order valence-corrected chi connectivity index (χ0v) is 7.36. The molecule has 64 valence electrons. The Morgan fingerprint density at radius 3 is 2.67 bits per heavy atom. The third-order valence-corrected chi connectivity index (χ3v) is 1.74. The fourth-order valence-electron chi connectivity index (χ4n) is 0.613. The van der Waals surface area contributed by atoms with Crippen molar-refractivity contribution >= 4 is 35.1 Å². The standard InChI is InChI=1S/C6H5Cl2N3O/c7-3-1-2-4(10-5(3)8)11-6(9)12/h1-2H,(H3,9,10,11,12). The number of aromatic nitrogens is 1. The summed E-state index contributed by atoms with van der Waals surface area (Å²) in [4.78, 5) is 14.1. The van der Waals surface area contributed by atoms with Crippen LogP contribution in [0.15, 0.2) is 12.1 Å². The fraction of sp³-hybridized carbons (Fsp3) is 0. The number of pyridine rings is 1. The number of rotatable bonds is 1. The van der Waals surface area contributed by atoms with Crippen molar-refractivity contribution in [3.8, 4) is 0 Å². The molecule has 1 heterocycles. The number of carbonyl (C=O) groups is 1. The monoisotopic (exact) mass is 205 g/mol. The number of hydrogen-bond acceptors (Lipinski definition) is 2. The molecule has 0 spiro atoms. The highest BCUT2D eigenvalue weighted by atomic mass is 35.5. The van der Waals surface area contributed by atoms with Crippen molar-refractivity contribution in [2.45, 2.75) is 0 Å². The number of hydrogen-bond donors (Lipinski definition) is 2. The van der Waals surface area contributed by atoms with Crippen molar-refractivity contribution < 1.29 is 4.79 Å². The highest BCUT2D eigenvalue weighted by Crippen LogP contribution is 2.20. The molecule has 0 radical (unpaired) electrons. The summed E-state index contributed by atoms with van der Waals surface area (Å²) in [6.45, 7) is 0. The van der Waals surface area contributed by atoms with Crippen LogP contribution in [-0.4, -0.2) is 11.0 Å². The molecule has 0 aliphatic carbocycles. The van der Waals surface area contributed by atoms with Crippen molar-refractivity contribution in [3.05, 3.63) is 22.3 Å². The number of urea groups is 1. The van der Waals surface area contributed by atoms with E-state index in [2.05, 4.69) is 10.3 Å². The van der Waals surface area contributed by atoms with E-state index in [0.717, 1.165) is 0 Å². The molecule has 6 heteroatoms. The van der Waals surface area contributed by atoms with E-state index in [4.69, 9.17) is 28.9 Å². The second-order valence-corrected chi connectivity index (χ2v) is 2.72. The molecule has 1 rings (SSSR count). The number of nitrogens with two attached hydrogens (primary N) is 1. The zero-order valence-electron chi connectivity index (χ0n) is 5.84. The normalized spacial score (nSPS) is 9.50. The van der Waals surface area contributed by atoms with Crippen LogP contribution >= 0.6 is 23.2 Å². The molecule has 0 aliphatic rings. The Labute approximate surface area is 78.7 Å². The van der Waals surface area contributed by atoms with Gasteiger partial charge in [0.2, 0.25) is 0 Å². The lowest BCUT2D eigenvalue weighted by Gasteiger charge is -2.00. The van der Waals surface area contributed by atoms with E-state index in [1.54, 1.807) is 0 Å². The molecule has 0 atom stereocenters. The van der Waals surface area contributed by atoms with Crippen molar-refractivity contribution in [3.63, 3.8) is 0 Å². The molecule has 0 aliphatic heterocycles. The van der Waals surface area contributed by atoms with Crippen LogP contribution in [0.2, 0.25) is 10.2 Å². The van der Waals surface area contributed by atoms with E-state index in [9.17, 15) is 4.79 Å². The summed E-state index contributed by atoms with van der Waals surface area (Å²) < 4.78 is 0. The number of carbonyl (C=O) groups excluding carboxylic acids is 1. The van der Waals surface area contributed by atoms with E-state index in [0.29, 0.717) is 5.02 Å². The molecule has 0 saturated carbocycles. The summed E-state index contributed by atoms with van der Waals surface area (Å²) in [6, 6.07) is 2.32. The molecule has 3 N–H and O–H groups in total. The molecule has 1 aromatic rings. The summed E-state index contributed by atoms with van der Waals surface area (Å²) in [5.41, 5.74) is 4.85. The lowest BCUT2D eigenvalue weighted by molar-refractivity contribution is 0.259. The largest absolute Gasteiger partial charge is 0.351 e. The molecule has 0 unspecified atom stereocenters. The number of nitrogens with one attached hydrogen (secondary N) is 1. The lowest BCUT2D eigenvalue weighted by Crippen LogP contribution is -2.19. The van der Waals surface area contributed by atoms with Gasteiger partial charge in [0.25, 0.3) is 0 Å². The maximum absolute atomic E-state index is 10.4. The first kappa shape index (κ1) is 9.09. The highest BCUT2D eigenvalue weighted by molar-refractivity contribution is 6.41. The van der Waals surface area contributed by atoms with Gasteiger partial charge in [-0.05, 0) is 12.1 Å². The van der Waals surface area contributed by atoms with Crippen molar-refractivity contribution in [1.29, 1.82) is 0 Å². The van der Waals surface area contributed by atoms with E-state index in [1.807, 2.05) is 0 Å². The van der Waals surface area contributed by atoms with E-state index < -0.39 is 6.03 Å². The summed E-state index contributed by atoms with van der Waals surface area (Å²) in [5, 5.41) is 2.71. The quantitative estimate of drug-likeness (QED) is 0.688. The van der Waals surface area contributed by atoms with E-state index in [1.165, 1.54) is 12.1 Å². The van der Waals surface area contributed by atoms with Gasteiger partial charge in [0, 0.05) is 0 Å². The Morgan fingerprint density at radius 2 is 2.17 bits per heavy atom. The molecule has 0 aromatic carbocycles. The van der Waals surface area contributed by atoms with Gasteiger partial charge < -0.3 is 5.73 Å². The minimum atomic E-state index is -0.694. The van der Waals surface area contributed by atoms with Crippen LogP contribution in [-0.2, 0) is 0 Å². The predicted molar refractivity (Wildman–Crippen MR) is 47.5 cm³/mol. The highest BCUT2D eigenvalue weighted by Gasteiger charge is 2.01. The molecule has 12 heavy (non-hydrogen) atoms. The average molecular weight is 206 g/mol. The van der Waals surface area contributed by atoms with Crippen LogP contribution in [0.3, 0.4) is 0 Å². The molecule has 0 saturated heterocycles. The lowest BCUT2D eigenvalue weighted by atomic mass is 10.4. The second kappa shape index (κ2) is 3.60. The molecular weight excluding hydrogens is 201 g/mol. The Bertz CT molecular complexity index is 316. The number of primary amides is 1. The van der Waals surface area contributed by atoms with Crippen LogP contribution in [0.25, 0.3) is 0 Å². The average Bonchev–Trinajstić information content (AvgIpc) is 1.96. The smallest absolute Gasteiger partial charge is 0.317 e. The molecular formula is C6H5Cl2N3O. The maximum Gasteiger partial charge on any atom is 0.317 e. The van der Waals surface area contributed by atoms with Gasteiger partial charge in [0.15, 0.2) is 0 Å². The van der Waals surface area contributed by atoms with Gasteiger partial charge in [0.05, 0.1) is 5.02 Å². The Balaban J connectivity index is 2.89. The maximum atomic E-state index is 10.4. The van der Waals surface area contributed by atoms with Gasteiger partial charge in [-0.1, -0.05) is 23.2 Å². The summed E-state index contributed by atoms with van der Waals surface area (Å²) in [6.07, 6.45) is 0. The van der Waals surface area contributed by atoms with E-state index >= 15 is 0 Å². The predicted octanol–water partition coefficient (Wildman–Crippen LogP) is 1.88. The van der Waals surface area contributed by atoms with Gasteiger partial charge in [-0.2, -0.15) is 0 Å². The summed E-state index contributed by atoms with van der Waals surface area (Å²) in [5.74, 6) is 0.275. The molecule has 0 bridgehead atoms. The second-order valence-electron chi connectivity index (χ2n) is 1.96. The van der Waals surface area contributed by atoms with Crippen LogP contribution in [0.4, 0.5) is 10.6 Å². The number of amides is 2. The number of halogens is 2. The van der Waals surface area contributed by atoms with Crippen LogP contribution in [0, 0.1) is 0 Å². The van der Waals surface area contributed by atoms with Gasteiger partial charge in [-0.15, -0.1) is 0 Å². The fourth-order valence-corrected chi connectivity index (χ4v) is 0.872. The third-order valence-electron chi connectivity index (χ3n) is 1.05. The van der Waals surface area contributed by atoms with Crippen LogP contribution in [0.1, 0.15) is 0 Å². The van der Waals surface area contributed by atoms with Crippen LogP contribution < -0.4 is 11.1 Å². The van der Waals surface area contributed by atoms with Gasteiger partial charge in [-0.25, -0.2) is 9.78 Å². The van der Waals surface area contributed by atoms with Gasteiger partial charge in [-0.3, -0.25) is 5.32 Å². The molecule has 0 fully saturated rings. The van der Waals surface area contributed by atoms with Crippen molar-refractivity contribution in [1.82, 2.24) is 4.98 Å². The first-order valence-electron chi connectivity index (χ1n) is 2.98. The van der Waals surface area contributed by atoms with Gasteiger partial charge >= 0.3 is 6.03 Å². The third kappa shape index (κ3) is 2.25. The first-order chi connectivity index (χ1) is 5.59. The topological polar surface area (TPSA) is 68.0 Å². The molecule has 1 aromatic heterocycles. The summed E-state index contributed by atoms with van der Waals surface area (Å²) in [7, 11) is 0. The van der Waals surface area contributed by atoms with Crippen molar-refractivity contribution in [2.24, 2.45) is 5.73 Å². The number of nitrogens with zero attached hydrogens (tertiary/aromatic N) is 1. The summed E-state index contributed by atoms with van der Waals surface area (Å²) >= 11 is 11.1. The molecule has 4 nitrogen and oxygen atoms in total. The van der Waals surface area contributed by atoms with E-state index in [-0.39, 0.29) is 11.0 Å². The Kier molecular flexibility index (Phi) is 2.73. The van der Waals surface area contributed by atoms with Crippen molar-refractivity contribution in [2.75, 3.05) is 5.32 Å². The minimum Gasteiger partial charge on any atom is -0.351 e. The SMILES string of the molecule is NC(=O)Nc1ccc(Cl)c(Cl)n1.